The molecule has 0 aromatic carbocycles. The second kappa shape index (κ2) is 6.22. The molecule has 21 heavy (non-hydrogen) atoms. The van der Waals surface area contributed by atoms with Crippen LogP contribution in [0.4, 0.5) is 5.82 Å². The predicted octanol–water partition coefficient (Wildman–Crippen LogP) is 1.50. The summed E-state index contributed by atoms with van der Waals surface area (Å²) in [6, 6.07) is 2.01. The molecular weight excluding hydrogens is 284 g/mol. The molecule has 0 saturated carbocycles. The number of aryl methyl sites for hydroxylation is 2. The van der Waals surface area contributed by atoms with Gasteiger partial charge in [-0.05, 0) is 20.3 Å². The van der Waals surface area contributed by atoms with Crippen LogP contribution in [0.15, 0.2) is 6.07 Å². The fourth-order valence-corrected chi connectivity index (χ4v) is 3.97. The third-order valence-corrected chi connectivity index (χ3v) is 5.08. The third kappa shape index (κ3) is 3.31. The van der Waals surface area contributed by atoms with Crippen molar-refractivity contribution in [2.24, 2.45) is 5.92 Å². The number of carbonyl (C=O) groups excluding carboxylic acids is 1. The number of hydrogen-bond donors (Lipinski definition) is 0. The van der Waals surface area contributed by atoms with E-state index in [2.05, 4.69) is 14.9 Å². The molecule has 1 aromatic rings. The van der Waals surface area contributed by atoms with Crippen molar-refractivity contribution in [3.63, 3.8) is 0 Å². The number of carbonyl (C=O) groups is 1. The molecule has 2 fully saturated rings. The summed E-state index contributed by atoms with van der Waals surface area (Å²) in [5, 5.41) is 0. The van der Waals surface area contributed by atoms with Crippen LogP contribution in [0.5, 0.6) is 0 Å². The van der Waals surface area contributed by atoms with E-state index in [4.69, 9.17) is 0 Å². The zero-order chi connectivity index (χ0) is 14.8. The Kier molecular flexibility index (Phi) is 4.33. The Labute approximate surface area is 130 Å². The highest BCUT2D eigenvalue weighted by Crippen LogP contribution is 2.25. The molecule has 0 bridgehead atoms. The van der Waals surface area contributed by atoms with E-state index < -0.39 is 0 Å². The smallest absolute Gasteiger partial charge is 0.227 e. The van der Waals surface area contributed by atoms with Crippen molar-refractivity contribution in [1.82, 2.24) is 14.9 Å². The summed E-state index contributed by atoms with van der Waals surface area (Å²) in [4.78, 5) is 25.7. The molecule has 0 spiro atoms. The number of anilines is 1. The molecule has 3 rings (SSSR count). The number of aromatic nitrogens is 2. The lowest BCUT2D eigenvalue weighted by atomic mass is 10.1. The van der Waals surface area contributed by atoms with Crippen LogP contribution in [0.3, 0.4) is 0 Å². The second-order valence-electron chi connectivity index (χ2n) is 5.78. The summed E-state index contributed by atoms with van der Waals surface area (Å²) in [5.74, 6) is 4.38. The van der Waals surface area contributed by atoms with E-state index in [1.165, 1.54) is 0 Å². The maximum atomic E-state index is 12.6. The van der Waals surface area contributed by atoms with Gasteiger partial charge >= 0.3 is 0 Å². The first-order valence-corrected chi connectivity index (χ1v) is 8.73. The van der Waals surface area contributed by atoms with Gasteiger partial charge in [-0.25, -0.2) is 9.97 Å². The van der Waals surface area contributed by atoms with Crippen LogP contribution in [0.25, 0.3) is 0 Å². The zero-order valence-corrected chi connectivity index (χ0v) is 13.5. The van der Waals surface area contributed by atoms with E-state index in [-0.39, 0.29) is 5.92 Å². The molecule has 1 atom stereocenters. The number of nitrogens with zero attached hydrogens (tertiary/aromatic N) is 4. The molecule has 0 N–H and O–H groups in total. The van der Waals surface area contributed by atoms with Gasteiger partial charge in [-0.1, -0.05) is 0 Å². The average Bonchev–Trinajstić information content (AvgIpc) is 2.96. The first kappa shape index (κ1) is 14.6. The summed E-state index contributed by atoms with van der Waals surface area (Å²) >= 11 is 1.94. The Hall–Kier alpha value is -1.30. The molecule has 2 aliphatic rings. The van der Waals surface area contributed by atoms with E-state index in [0.29, 0.717) is 5.91 Å². The van der Waals surface area contributed by atoms with E-state index in [0.717, 1.165) is 61.4 Å². The van der Waals surface area contributed by atoms with Gasteiger partial charge in [0.15, 0.2) is 0 Å². The molecule has 6 heteroatoms. The lowest BCUT2D eigenvalue weighted by molar-refractivity contribution is -0.134. The second-order valence-corrected chi connectivity index (χ2v) is 7.01. The van der Waals surface area contributed by atoms with E-state index >= 15 is 0 Å². The lowest BCUT2D eigenvalue weighted by Crippen LogP contribution is -2.42. The standard InChI is InChI=1S/C15H22N4OS/c1-11-9-14(17-12(2)16-11)19-4-3-13(10-19)15(20)18-5-7-21-8-6-18/h9,13H,3-8,10H2,1-2H3. The highest BCUT2D eigenvalue weighted by atomic mass is 32.2. The molecule has 3 heterocycles. The van der Waals surface area contributed by atoms with Crippen molar-refractivity contribution < 1.29 is 4.79 Å². The van der Waals surface area contributed by atoms with Gasteiger partial charge < -0.3 is 9.80 Å². The summed E-state index contributed by atoms with van der Waals surface area (Å²) in [6.45, 7) is 7.42. The molecule has 114 valence electrons. The van der Waals surface area contributed by atoms with Gasteiger partial charge in [0.05, 0.1) is 5.92 Å². The maximum Gasteiger partial charge on any atom is 0.227 e. The molecule has 5 nitrogen and oxygen atoms in total. The monoisotopic (exact) mass is 306 g/mol. The number of amides is 1. The highest BCUT2D eigenvalue weighted by molar-refractivity contribution is 7.99. The number of hydrogen-bond acceptors (Lipinski definition) is 5. The summed E-state index contributed by atoms with van der Waals surface area (Å²) in [7, 11) is 0. The van der Waals surface area contributed by atoms with Crippen LogP contribution in [0.1, 0.15) is 17.9 Å². The zero-order valence-electron chi connectivity index (χ0n) is 12.7. The van der Waals surface area contributed by atoms with Crippen molar-refractivity contribution in [2.75, 3.05) is 42.6 Å². The Morgan fingerprint density at radius 3 is 2.71 bits per heavy atom. The van der Waals surface area contributed by atoms with Gasteiger partial charge in [0.2, 0.25) is 5.91 Å². The Balaban J connectivity index is 1.65. The third-order valence-electron chi connectivity index (χ3n) is 4.14. The van der Waals surface area contributed by atoms with Crippen molar-refractivity contribution in [3.05, 3.63) is 17.6 Å². The van der Waals surface area contributed by atoms with Crippen LogP contribution >= 0.6 is 11.8 Å². The lowest BCUT2D eigenvalue weighted by Gasteiger charge is -2.29. The molecule has 0 radical (unpaired) electrons. The normalized spacial score (nSPS) is 22.7. The fraction of sp³-hybridized carbons (Fsp3) is 0.667. The van der Waals surface area contributed by atoms with Gasteiger partial charge in [0.1, 0.15) is 11.6 Å². The molecular formula is C15H22N4OS. The molecule has 1 unspecified atom stereocenters. The van der Waals surface area contributed by atoms with E-state index in [1.54, 1.807) is 0 Å². The van der Waals surface area contributed by atoms with Crippen molar-refractivity contribution in [3.8, 4) is 0 Å². The minimum absolute atomic E-state index is 0.128. The minimum atomic E-state index is 0.128. The molecule has 1 amide bonds. The maximum absolute atomic E-state index is 12.6. The first-order valence-electron chi connectivity index (χ1n) is 7.57. The van der Waals surface area contributed by atoms with Crippen LogP contribution in [-0.4, -0.2) is 58.5 Å². The highest BCUT2D eigenvalue weighted by Gasteiger charge is 2.32. The van der Waals surface area contributed by atoms with Crippen molar-refractivity contribution in [1.29, 1.82) is 0 Å². The van der Waals surface area contributed by atoms with E-state index in [9.17, 15) is 4.79 Å². The molecule has 1 aromatic heterocycles. The first-order chi connectivity index (χ1) is 10.1. The largest absolute Gasteiger partial charge is 0.356 e. The van der Waals surface area contributed by atoms with Crippen LogP contribution in [0, 0.1) is 19.8 Å². The summed E-state index contributed by atoms with van der Waals surface area (Å²) in [6.07, 6.45) is 0.935. The minimum Gasteiger partial charge on any atom is -0.356 e. The van der Waals surface area contributed by atoms with E-state index in [1.807, 2.05) is 36.6 Å². The Bertz CT molecular complexity index is 510. The van der Waals surface area contributed by atoms with Crippen LogP contribution < -0.4 is 4.90 Å². The quantitative estimate of drug-likeness (QED) is 0.828. The van der Waals surface area contributed by atoms with Gasteiger partial charge in [0.25, 0.3) is 0 Å². The van der Waals surface area contributed by atoms with Gasteiger partial charge in [-0.3, -0.25) is 4.79 Å². The molecule has 2 aliphatic heterocycles. The van der Waals surface area contributed by atoms with Crippen molar-refractivity contribution >= 4 is 23.5 Å². The number of thioether (sulfide) groups is 1. The van der Waals surface area contributed by atoms with Gasteiger partial charge in [0, 0.05) is 49.4 Å². The van der Waals surface area contributed by atoms with Crippen LogP contribution in [-0.2, 0) is 4.79 Å². The Morgan fingerprint density at radius 1 is 1.24 bits per heavy atom. The molecule has 2 saturated heterocycles. The van der Waals surface area contributed by atoms with Crippen molar-refractivity contribution in [2.45, 2.75) is 20.3 Å². The van der Waals surface area contributed by atoms with Crippen LogP contribution in [0.2, 0.25) is 0 Å². The molecule has 0 aliphatic carbocycles. The summed E-state index contributed by atoms with van der Waals surface area (Å²) in [5.41, 5.74) is 0.986. The van der Waals surface area contributed by atoms with Gasteiger partial charge in [-0.15, -0.1) is 0 Å². The average molecular weight is 306 g/mol. The SMILES string of the molecule is Cc1cc(N2CCC(C(=O)N3CCSCC3)C2)nc(C)n1. The Morgan fingerprint density at radius 2 is 2.00 bits per heavy atom. The fourth-order valence-electron chi connectivity index (χ4n) is 3.07. The predicted molar refractivity (Wildman–Crippen MR) is 85.7 cm³/mol. The number of rotatable bonds is 2. The summed E-state index contributed by atoms with van der Waals surface area (Å²) < 4.78 is 0. The topological polar surface area (TPSA) is 49.3 Å². The van der Waals surface area contributed by atoms with Gasteiger partial charge in [-0.2, -0.15) is 11.8 Å².